The zero-order valence-electron chi connectivity index (χ0n) is 5.01. The minimum Gasteiger partial charge on any atom is -0.412 e. The molecule has 0 atom stereocenters. The number of hydrogen-bond donors (Lipinski definition) is 0. The molecule has 0 saturated heterocycles. The normalized spacial score (nSPS) is 4.36. The Labute approximate surface area is 83.0 Å². The van der Waals surface area contributed by atoms with Gasteiger partial charge in [0.15, 0.2) is 0 Å². The summed E-state index contributed by atoms with van der Waals surface area (Å²) < 4.78 is -0.198. The second-order valence-corrected chi connectivity index (χ2v) is 2.42. The molecule has 0 fully saturated rings. The highest BCUT2D eigenvalue weighted by Gasteiger charge is 1.88. The lowest BCUT2D eigenvalue weighted by Crippen LogP contribution is -1.47. The molecule has 0 amide bonds. The van der Waals surface area contributed by atoms with Crippen LogP contribution in [0.3, 0.4) is 0 Å². The Hall–Kier alpha value is 0.700. The van der Waals surface area contributed by atoms with Crippen LogP contribution in [0.25, 0.3) is 0 Å². The Morgan fingerprint density at radius 3 is 0.545 bits per heavy atom. The van der Waals surface area contributed by atoms with Crippen molar-refractivity contribution < 1.29 is 27.4 Å². The first-order chi connectivity index (χ1) is 2.64. The molecule has 9 heteroatoms. The molecule has 0 aliphatic carbocycles. The van der Waals surface area contributed by atoms with Gasteiger partial charge in [-0.1, -0.05) is 46.4 Å². The molecule has 0 heterocycles. The summed E-state index contributed by atoms with van der Waals surface area (Å²) in [6.45, 7) is 0. The highest BCUT2D eigenvalue weighted by Crippen LogP contribution is 2.20. The maximum absolute atomic E-state index is 4.99. The molecule has 0 saturated carbocycles. The van der Waals surface area contributed by atoms with Gasteiger partial charge in [-0.15, -0.1) is 0 Å². The fourth-order valence-electron chi connectivity index (χ4n) is 0. The highest BCUT2D eigenvalue weighted by molar-refractivity contribution is 6.67. The van der Waals surface area contributed by atoms with Gasteiger partial charge in [-0.3, -0.25) is 0 Å². The van der Waals surface area contributed by atoms with Gasteiger partial charge in [-0.2, -0.15) is 0 Å². The van der Waals surface area contributed by atoms with E-state index in [1.54, 1.807) is 0 Å². The van der Waals surface area contributed by atoms with Crippen LogP contribution in [0, 0.1) is 0 Å². The first-order valence-electron chi connectivity index (χ1n) is 1.01. The number of halogens is 4. The van der Waals surface area contributed by atoms with E-state index in [1.807, 2.05) is 0 Å². The van der Waals surface area contributed by atoms with Crippen molar-refractivity contribution in [2.75, 3.05) is 0 Å². The lowest BCUT2D eigenvalue weighted by atomic mass is 11.2. The Morgan fingerprint density at radius 1 is 0.455 bits per heavy atom. The predicted molar refractivity (Wildman–Crippen MR) is 48.5 cm³/mol. The van der Waals surface area contributed by atoms with E-state index in [1.165, 1.54) is 0 Å². The van der Waals surface area contributed by atoms with E-state index >= 15 is 0 Å². The molecule has 76 valence electrons. The summed E-state index contributed by atoms with van der Waals surface area (Å²) in [5.74, 6) is 0. The van der Waals surface area contributed by atoms with Gasteiger partial charge in [-0.25, -0.2) is 0 Å². The van der Waals surface area contributed by atoms with Gasteiger partial charge in [0.2, 0.25) is 0 Å². The zero-order chi connectivity index (χ0) is 5.15. The van der Waals surface area contributed by atoms with Crippen molar-refractivity contribution >= 4 is 46.4 Å². The van der Waals surface area contributed by atoms with Gasteiger partial charge >= 0.3 is 0 Å². The molecule has 0 aromatic carbocycles. The number of rotatable bonds is 0. The quantitative estimate of drug-likeness (QED) is 0.517. The summed E-state index contributed by atoms with van der Waals surface area (Å²) >= 11 is 20.0. The molecule has 0 aromatic heterocycles. The molecule has 0 unspecified atom stereocenters. The van der Waals surface area contributed by atoms with Gasteiger partial charge in [-0.05, 0) is 0 Å². The van der Waals surface area contributed by atoms with Crippen LogP contribution >= 0.6 is 46.4 Å². The van der Waals surface area contributed by atoms with Crippen molar-refractivity contribution in [1.82, 2.24) is 0 Å². The van der Waals surface area contributed by atoms with Crippen molar-refractivity contribution in [2.24, 2.45) is 0 Å². The Bertz CT molecular complexity index is 66.6. The third kappa shape index (κ3) is 36.7. The summed E-state index contributed by atoms with van der Waals surface area (Å²) in [4.78, 5) is 0. The molecule has 0 radical (unpaired) electrons. The van der Waals surface area contributed by atoms with Crippen molar-refractivity contribution in [3.05, 3.63) is 8.98 Å². The van der Waals surface area contributed by atoms with E-state index in [0.717, 1.165) is 0 Å². The maximum Gasteiger partial charge on any atom is 0.136 e. The summed E-state index contributed by atoms with van der Waals surface area (Å²) in [6.07, 6.45) is 0. The molecule has 0 aliphatic rings. The van der Waals surface area contributed by atoms with Crippen molar-refractivity contribution in [1.29, 1.82) is 0 Å². The van der Waals surface area contributed by atoms with Crippen LogP contribution in [-0.2, 0) is 0 Å². The van der Waals surface area contributed by atoms with E-state index in [4.69, 9.17) is 46.4 Å². The van der Waals surface area contributed by atoms with Crippen LogP contribution < -0.4 is 0 Å². The number of hydrogen-bond acceptors (Lipinski definition) is 0. The van der Waals surface area contributed by atoms with E-state index in [0.29, 0.717) is 0 Å². The Morgan fingerprint density at radius 2 is 0.545 bits per heavy atom. The summed E-state index contributed by atoms with van der Waals surface area (Å²) in [7, 11) is 0. The summed E-state index contributed by atoms with van der Waals surface area (Å²) in [5.41, 5.74) is 0. The van der Waals surface area contributed by atoms with Crippen molar-refractivity contribution in [3.8, 4) is 0 Å². The summed E-state index contributed by atoms with van der Waals surface area (Å²) in [6, 6.07) is 0. The van der Waals surface area contributed by atoms with Crippen LogP contribution in [0.5, 0.6) is 0 Å². The van der Waals surface area contributed by atoms with Crippen LogP contribution in [0.1, 0.15) is 0 Å². The van der Waals surface area contributed by atoms with Crippen molar-refractivity contribution in [3.63, 3.8) is 0 Å². The lowest BCUT2D eigenvalue weighted by molar-refractivity contribution is 0.823. The van der Waals surface area contributed by atoms with Crippen LogP contribution in [0.15, 0.2) is 8.98 Å². The van der Waals surface area contributed by atoms with Gasteiger partial charge in [0.25, 0.3) is 0 Å². The second kappa shape index (κ2) is 22.4. The molecule has 0 bridgehead atoms. The van der Waals surface area contributed by atoms with E-state index in [9.17, 15) is 0 Å². The van der Waals surface area contributed by atoms with Gasteiger partial charge in [0, 0.05) is 0 Å². The third-order valence-electron chi connectivity index (χ3n) is 0.143. The minimum absolute atomic E-state index is 0. The highest BCUT2D eigenvalue weighted by atomic mass is 35.5. The van der Waals surface area contributed by atoms with Gasteiger partial charge in [0.1, 0.15) is 8.98 Å². The van der Waals surface area contributed by atoms with Gasteiger partial charge in [0.05, 0.1) is 0 Å². The van der Waals surface area contributed by atoms with Crippen molar-refractivity contribution in [2.45, 2.75) is 0 Å². The largest absolute Gasteiger partial charge is 0.412 e. The molecule has 0 spiro atoms. The van der Waals surface area contributed by atoms with E-state index in [2.05, 4.69) is 0 Å². The second-order valence-electron chi connectivity index (χ2n) is 0.521. The SMILES string of the molecule is ClC(Cl)=C(Cl)Cl.O.O.O.O.O. The molecule has 11 heavy (non-hydrogen) atoms. The minimum atomic E-state index is -0.0988. The monoisotopic (exact) mass is 254 g/mol. The molecule has 0 aromatic rings. The predicted octanol–water partition coefficient (Wildman–Crippen LogP) is -1.06. The topological polar surface area (TPSA) is 158 Å². The van der Waals surface area contributed by atoms with Crippen LogP contribution in [0.2, 0.25) is 0 Å². The zero-order valence-corrected chi connectivity index (χ0v) is 8.04. The maximum atomic E-state index is 4.99. The molecule has 0 rings (SSSR count). The van der Waals surface area contributed by atoms with E-state index in [-0.39, 0.29) is 36.4 Å². The standard InChI is InChI=1S/C2Cl4.5H2O/c3-1(4)2(5)6;;;;;/h;5*1H2. The molecular weight excluding hydrogens is 246 g/mol. The lowest BCUT2D eigenvalue weighted by Gasteiger charge is -1.75. The van der Waals surface area contributed by atoms with Crippen LogP contribution in [0.4, 0.5) is 0 Å². The average Bonchev–Trinajstić information content (AvgIpc) is 1.36. The smallest absolute Gasteiger partial charge is 0.136 e. The molecular formula is C2H10Cl4O5. The fraction of sp³-hybridized carbons (Fsp3) is 0. The van der Waals surface area contributed by atoms with Gasteiger partial charge < -0.3 is 27.4 Å². The van der Waals surface area contributed by atoms with Crippen LogP contribution in [-0.4, -0.2) is 27.4 Å². The van der Waals surface area contributed by atoms with E-state index < -0.39 is 0 Å². The fourth-order valence-corrected chi connectivity index (χ4v) is 0. The molecule has 10 N–H and O–H groups in total. The molecule has 0 aliphatic heterocycles. The average molecular weight is 256 g/mol. The molecule has 5 nitrogen and oxygen atoms in total. The summed E-state index contributed by atoms with van der Waals surface area (Å²) in [5, 5.41) is 0. The third-order valence-corrected chi connectivity index (χ3v) is 1.29. The Balaban J connectivity index is -0.0000000125. The Kier molecular flexibility index (Phi) is 84.1. The first-order valence-corrected chi connectivity index (χ1v) is 2.52. The first kappa shape index (κ1) is 41.2.